The van der Waals surface area contributed by atoms with Crippen molar-refractivity contribution in [1.82, 2.24) is 15.0 Å². The molecule has 0 radical (unpaired) electrons. The molecule has 0 aromatic carbocycles. The molecule has 4 heteroatoms. The summed E-state index contributed by atoms with van der Waals surface area (Å²) in [5, 5.41) is 7.28. The van der Waals surface area contributed by atoms with Crippen LogP contribution in [0.5, 0.6) is 0 Å². The molecule has 0 aliphatic heterocycles. The minimum absolute atomic E-state index is 0.587. The highest BCUT2D eigenvalue weighted by Crippen LogP contribution is 1.81. The molecular weight excluding hydrogens is 126 g/mol. The van der Waals surface area contributed by atoms with E-state index in [-0.39, 0.29) is 0 Å². The van der Waals surface area contributed by atoms with Crippen LogP contribution in [0.3, 0.4) is 0 Å². The Kier molecular flexibility index (Phi) is 1.86. The molecule has 1 aromatic rings. The van der Waals surface area contributed by atoms with Crippen LogP contribution in [0.1, 0.15) is 0 Å². The second-order valence-corrected chi connectivity index (χ2v) is 1.73. The summed E-state index contributed by atoms with van der Waals surface area (Å²) in [6.45, 7) is 0.738. The van der Waals surface area contributed by atoms with E-state index in [0.29, 0.717) is 5.88 Å². The van der Waals surface area contributed by atoms with E-state index < -0.39 is 0 Å². The molecule has 0 aliphatic rings. The standard InChI is InChI=1S/C4H6ClN3/c5-1-3-8-4-2-6-7-8/h2,4H,1,3H2. The molecule has 0 saturated heterocycles. The summed E-state index contributed by atoms with van der Waals surface area (Å²) in [6, 6.07) is 0. The fraction of sp³-hybridized carbons (Fsp3) is 0.500. The maximum atomic E-state index is 5.40. The highest BCUT2D eigenvalue weighted by Gasteiger charge is 1.84. The van der Waals surface area contributed by atoms with Crippen molar-refractivity contribution in [3.63, 3.8) is 0 Å². The second-order valence-electron chi connectivity index (χ2n) is 1.36. The number of aromatic nitrogens is 3. The van der Waals surface area contributed by atoms with E-state index in [9.17, 15) is 0 Å². The zero-order chi connectivity index (χ0) is 5.82. The van der Waals surface area contributed by atoms with E-state index in [1.54, 1.807) is 17.1 Å². The van der Waals surface area contributed by atoms with E-state index in [4.69, 9.17) is 11.6 Å². The van der Waals surface area contributed by atoms with Gasteiger partial charge in [0.2, 0.25) is 0 Å². The predicted molar refractivity (Wildman–Crippen MR) is 30.7 cm³/mol. The Morgan fingerprint density at radius 3 is 3.00 bits per heavy atom. The maximum absolute atomic E-state index is 5.40. The van der Waals surface area contributed by atoms with Crippen molar-refractivity contribution >= 4 is 11.6 Å². The Bertz CT molecular complexity index is 137. The monoisotopic (exact) mass is 131 g/mol. The molecular formula is C4H6ClN3. The Hall–Kier alpha value is -0.570. The van der Waals surface area contributed by atoms with Crippen molar-refractivity contribution in [3.05, 3.63) is 12.4 Å². The molecule has 0 saturated carbocycles. The normalized spacial score (nSPS) is 9.62. The van der Waals surface area contributed by atoms with Gasteiger partial charge in [-0.25, -0.2) is 0 Å². The van der Waals surface area contributed by atoms with Crippen LogP contribution in [0.2, 0.25) is 0 Å². The van der Waals surface area contributed by atoms with Crippen LogP contribution in [0.4, 0.5) is 0 Å². The number of nitrogens with zero attached hydrogens (tertiary/aromatic N) is 3. The Morgan fingerprint density at radius 2 is 2.50 bits per heavy atom. The fourth-order valence-electron chi connectivity index (χ4n) is 0.439. The van der Waals surface area contributed by atoms with Gasteiger partial charge in [0.15, 0.2) is 0 Å². The largest absolute Gasteiger partial charge is 0.251 e. The quantitative estimate of drug-likeness (QED) is 0.548. The van der Waals surface area contributed by atoms with E-state index in [0.717, 1.165) is 6.54 Å². The number of alkyl halides is 1. The molecule has 3 nitrogen and oxygen atoms in total. The molecule has 0 N–H and O–H groups in total. The van der Waals surface area contributed by atoms with Gasteiger partial charge in [-0.15, -0.1) is 16.7 Å². The van der Waals surface area contributed by atoms with Crippen LogP contribution in [0.15, 0.2) is 12.4 Å². The minimum Gasteiger partial charge on any atom is -0.251 e. The van der Waals surface area contributed by atoms with Gasteiger partial charge in [0.05, 0.1) is 12.7 Å². The van der Waals surface area contributed by atoms with Gasteiger partial charge < -0.3 is 0 Å². The predicted octanol–water partition coefficient (Wildman–Crippen LogP) is 0.517. The molecule has 1 rings (SSSR count). The van der Waals surface area contributed by atoms with Gasteiger partial charge in [-0.1, -0.05) is 5.21 Å². The first-order chi connectivity index (χ1) is 3.93. The zero-order valence-corrected chi connectivity index (χ0v) is 5.04. The van der Waals surface area contributed by atoms with Gasteiger partial charge in [0.1, 0.15) is 0 Å². The molecule has 8 heavy (non-hydrogen) atoms. The van der Waals surface area contributed by atoms with Gasteiger partial charge in [0, 0.05) is 12.1 Å². The fourth-order valence-corrected chi connectivity index (χ4v) is 0.612. The van der Waals surface area contributed by atoms with E-state index >= 15 is 0 Å². The summed E-state index contributed by atoms with van der Waals surface area (Å²) in [5.74, 6) is 0.587. The molecule has 0 amide bonds. The van der Waals surface area contributed by atoms with Crippen LogP contribution < -0.4 is 0 Å². The van der Waals surface area contributed by atoms with Crippen molar-refractivity contribution in [2.24, 2.45) is 0 Å². The first-order valence-corrected chi connectivity index (χ1v) is 2.87. The van der Waals surface area contributed by atoms with Crippen LogP contribution in [0, 0.1) is 0 Å². The van der Waals surface area contributed by atoms with Gasteiger partial charge in [-0.3, -0.25) is 4.68 Å². The molecule has 0 aliphatic carbocycles. The van der Waals surface area contributed by atoms with Gasteiger partial charge >= 0.3 is 0 Å². The summed E-state index contributed by atoms with van der Waals surface area (Å²) in [5.41, 5.74) is 0. The van der Waals surface area contributed by atoms with Crippen molar-refractivity contribution in [2.75, 3.05) is 5.88 Å². The Labute approximate surface area is 52.3 Å². The average molecular weight is 132 g/mol. The van der Waals surface area contributed by atoms with Crippen LogP contribution in [-0.4, -0.2) is 20.9 Å². The van der Waals surface area contributed by atoms with Crippen molar-refractivity contribution in [3.8, 4) is 0 Å². The van der Waals surface area contributed by atoms with Crippen LogP contribution in [-0.2, 0) is 6.54 Å². The number of hydrogen-bond donors (Lipinski definition) is 0. The first-order valence-electron chi connectivity index (χ1n) is 2.33. The van der Waals surface area contributed by atoms with Gasteiger partial charge in [-0.05, 0) is 0 Å². The SMILES string of the molecule is ClCCn1ccnn1. The summed E-state index contributed by atoms with van der Waals surface area (Å²) in [7, 11) is 0. The maximum Gasteiger partial charge on any atom is 0.0692 e. The molecule has 44 valence electrons. The zero-order valence-electron chi connectivity index (χ0n) is 4.29. The summed E-state index contributed by atoms with van der Waals surface area (Å²) in [6.07, 6.45) is 3.41. The topological polar surface area (TPSA) is 30.7 Å². The Morgan fingerprint density at radius 1 is 1.62 bits per heavy atom. The molecule has 1 heterocycles. The van der Waals surface area contributed by atoms with Gasteiger partial charge in [0.25, 0.3) is 0 Å². The Balaban J connectivity index is 2.50. The molecule has 0 bridgehead atoms. The minimum atomic E-state index is 0.587. The van der Waals surface area contributed by atoms with Crippen LogP contribution in [0.25, 0.3) is 0 Å². The summed E-state index contributed by atoms with van der Waals surface area (Å²) < 4.78 is 1.69. The lowest BCUT2D eigenvalue weighted by molar-refractivity contribution is 0.630. The van der Waals surface area contributed by atoms with E-state index in [2.05, 4.69) is 10.3 Å². The second kappa shape index (κ2) is 2.67. The smallest absolute Gasteiger partial charge is 0.0692 e. The first kappa shape index (κ1) is 5.56. The third-order valence-corrected chi connectivity index (χ3v) is 0.955. The molecule has 1 aromatic heterocycles. The van der Waals surface area contributed by atoms with Crippen molar-refractivity contribution < 1.29 is 0 Å². The van der Waals surface area contributed by atoms with Crippen molar-refractivity contribution in [2.45, 2.75) is 6.54 Å². The lowest BCUT2D eigenvalue weighted by Gasteiger charge is -1.89. The number of rotatable bonds is 2. The summed E-state index contributed by atoms with van der Waals surface area (Å²) in [4.78, 5) is 0. The third-order valence-electron chi connectivity index (χ3n) is 0.786. The number of hydrogen-bond acceptors (Lipinski definition) is 2. The van der Waals surface area contributed by atoms with E-state index in [1.807, 2.05) is 0 Å². The molecule has 0 spiro atoms. The molecule has 0 unspecified atom stereocenters. The third kappa shape index (κ3) is 1.20. The molecule has 0 atom stereocenters. The lowest BCUT2D eigenvalue weighted by atomic mass is 10.7. The van der Waals surface area contributed by atoms with E-state index in [1.165, 1.54) is 0 Å². The van der Waals surface area contributed by atoms with Crippen LogP contribution >= 0.6 is 11.6 Å². The number of halogens is 1. The number of aryl methyl sites for hydroxylation is 1. The van der Waals surface area contributed by atoms with Gasteiger partial charge in [-0.2, -0.15) is 0 Å². The average Bonchev–Trinajstić information content (AvgIpc) is 2.19. The molecule has 0 fully saturated rings. The lowest BCUT2D eigenvalue weighted by Crippen LogP contribution is -1.98. The highest BCUT2D eigenvalue weighted by atomic mass is 35.5. The highest BCUT2D eigenvalue weighted by molar-refractivity contribution is 6.17. The summed E-state index contributed by atoms with van der Waals surface area (Å²) >= 11 is 5.40. The van der Waals surface area contributed by atoms with Crippen molar-refractivity contribution in [1.29, 1.82) is 0 Å².